The third kappa shape index (κ3) is 5.17. The molecule has 1 N–H and O–H groups in total. The van der Waals surface area contributed by atoms with Crippen molar-refractivity contribution in [3.63, 3.8) is 0 Å². The summed E-state index contributed by atoms with van der Waals surface area (Å²) in [6, 6.07) is 5.65. The zero-order valence-corrected chi connectivity index (χ0v) is 11.3. The summed E-state index contributed by atoms with van der Waals surface area (Å²) in [6.45, 7) is 2.99. The van der Waals surface area contributed by atoms with Crippen molar-refractivity contribution in [2.75, 3.05) is 33.7 Å². The van der Waals surface area contributed by atoms with Gasteiger partial charge in [0.15, 0.2) is 0 Å². The zero-order chi connectivity index (χ0) is 12.0. The topological polar surface area (TPSA) is 15.3 Å². The molecule has 0 heterocycles. The van der Waals surface area contributed by atoms with E-state index < -0.39 is 0 Å². The molecule has 0 aliphatic rings. The maximum absolute atomic E-state index is 6.07. The highest BCUT2D eigenvalue weighted by atomic mass is 35.5. The van der Waals surface area contributed by atoms with E-state index in [2.05, 4.69) is 24.3 Å². The Bertz CT molecular complexity index is 327. The van der Waals surface area contributed by atoms with Crippen molar-refractivity contribution in [2.24, 2.45) is 0 Å². The van der Waals surface area contributed by atoms with Gasteiger partial charge in [-0.15, -0.1) is 0 Å². The Labute approximate surface area is 108 Å². The van der Waals surface area contributed by atoms with Gasteiger partial charge in [0.1, 0.15) is 0 Å². The number of halogens is 2. The van der Waals surface area contributed by atoms with Crippen molar-refractivity contribution < 1.29 is 0 Å². The van der Waals surface area contributed by atoms with Crippen LogP contribution in [0.3, 0.4) is 0 Å². The van der Waals surface area contributed by atoms with Gasteiger partial charge in [-0.2, -0.15) is 0 Å². The lowest BCUT2D eigenvalue weighted by atomic mass is 10.1. The van der Waals surface area contributed by atoms with Gasteiger partial charge in [-0.25, -0.2) is 0 Å². The molecule has 0 spiro atoms. The molecule has 1 aromatic rings. The standard InChI is InChI=1S/C12H18Cl2N2/c1-16(2)8-7-15-6-5-10-3-4-11(13)9-12(10)14/h3-4,9,15H,5-8H2,1-2H3. The maximum atomic E-state index is 6.07. The number of nitrogens with zero attached hydrogens (tertiary/aromatic N) is 1. The van der Waals surface area contributed by atoms with E-state index in [1.54, 1.807) is 6.07 Å². The summed E-state index contributed by atoms with van der Waals surface area (Å²) >= 11 is 11.9. The van der Waals surface area contributed by atoms with Crippen molar-refractivity contribution in [2.45, 2.75) is 6.42 Å². The fourth-order valence-corrected chi connectivity index (χ4v) is 1.88. The zero-order valence-electron chi connectivity index (χ0n) is 9.76. The van der Waals surface area contributed by atoms with Crippen LogP contribution in [0.25, 0.3) is 0 Å². The van der Waals surface area contributed by atoms with Crippen LogP contribution in [0.2, 0.25) is 10.0 Å². The summed E-state index contributed by atoms with van der Waals surface area (Å²) in [4.78, 5) is 2.16. The number of hydrogen-bond donors (Lipinski definition) is 1. The molecule has 0 saturated carbocycles. The summed E-state index contributed by atoms with van der Waals surface area (Å²) in [5.74, 6) is 0. The van der Waals surface area contributed by atoms with Gasteiger partial charge < -0.3 is 10.2 Å². The maximum Gasteiger partial charge on any atom is 0.0453 e. The third-order valence-corrected chi connectivity index (χ3v) is 2.91. The van der Waals surface area contributed by atoms with Gasteiger partial charge >= 0.3 is 0 Å². The van der Waals surface area contributed by atoms with Gasteiger partial charge in [-0.1, -0.05) is 29.3 Å². The molecule has 0 saturated heterocycles. The van der Waals surface area contributed by atoms with Gasteiger partial charge in [0, 0.05) is 23.1 Å². The van der Waals surface area contributed by atoms with E-state index in [4.69, 9.17) is 23.2 Å². The van der Waals surface area contributed by atoms with E-state index in [1.807, 2.05) is 12.1 Å². The van der Waals surface area contributed by atoms with E-state index in [1.165, 1.54) is 0 Å². The Morgan fingerprint density at radius 2 is 1.94 bits per heavy atom. The second kappa shape index (κ2) is 7.13. The summed E-state index contributed by atoms with van der Waals surface area (Å²) in [5.41, 5.74) is 1.14. The second-order valence-electron chi connectivity index (χ2n) is 4.04. The molecular weight excluding hydrogens is 243 g/mol. The fourth-order valence-electron chi connectivity index (χ4n) is 1.38. The normalized spacial score (nSPS) is 11.1. The van der Waals surface area contributed by atoms with Gasteiger partial charge in [-0.05, 0) is 44.8 Å². The average molecular weight is 261 g/mol. The SMILES string of the molecule is CN(C)CCNCCc1ccc(Cl)cc1Cl. The van der Waals surface area contributed by atoms with Crippen molar-refractivity contribution in [3.05, 3.63) is 33.8 Å². The van der Waals surface area contributed by atoms with Crippen LogP contribution in [-0.4, -0.2) is 38.6 Å². The summed E-state index contributed by atoms with van der Waals surface area (Å²) in [7, 11) is 4.13. The Hall–Kier alpha value is -0.280. The van der Waals surface area contributed by atoms with Gasteiger partial charge in [0.05, 0.1) is 0 Å². The highest BCUT2D eigenvalue weighted by Gasteiger charge is 2.00. The van der Waals surface area contributed by atoms with Crippen molar-refractivity contribution >= 4 is 23.2 Å². The first-order valence-corrected chi connectivity index (χ1v) is 6.14. The van der Waals surface area contributed by atoms with Gasteiger partial charge in [-0.3, -0.25) is 0 Å². The molecule has 0 bridgehead atoms. The first-order valence-electron chi connectivity index (χ1n) is 5.39. The highest BCUT2D eigenvalue weighted by Crippen LogP contribution is 2.20. The van der Waals surface area contributed by atoms with Crippen LogP contribution in [0.4, 0.5) is 0 Å². The van der Waals surface area contributed by atoms with Crippen LogP contribution < -0.4 is 5.32 Å². The van der Waals surface area contributed by atoms with E-state index in [-0.39, 0.29) is 0 Å². The summed E-state index contributed by atoms with van der Waals surface area (Å²) in [5, 5.41) is 4.81. The van der Waals surface area contributed by atoms with Crippen molar-refractivity contribution in [1.29, 1.82) is 0 Å². The lowest BCUT2D eigenvalue weighted by Crippen LogP contribution is -2.27. The minimum Gasteiger partial charge on any atom is -0.315 e. The Morgan fingerprint density at radius 3 is 2.56 bits per heavy atom. The second-order valence-corrected chi connectivity index (χ2v) is 4.88. The van der Waals surface area contributed by atoms with Crippen LogP contribution >= 0.6 is 23.2 Å². The fraction of sp³-hybridized carbons (Fsp3) is 0.500. The molecule has 2 nitrogen and oxygen atoms in total. The monoisotopic (exact) mass is 260 g/mol. The molecule has 1 aromatic carbocycles. The Morgan fingerprint density at radius 1 is 1.19 bits per heavy atom. The molecule has 1 rings (SSSR count). The molecule has 0 aliphatic carbocycles. The molecule has 90 valence electrons. The number of hydrogen-bond acceptors (Lipinski definition) is 2. The predicted octanol–water partition coefficient (Wildman–Crippen LogP) is 2.69. The van der Waals surface area contributed by atoms with E-state index in [0.717, 1.165) is 36.6 Å². The molecule has 0 unspecified atom stereocenters. The van der Waals surface area contributed by atoms with Crippen molar-refractivity contribution in [3.8, 4) is 0 Å². The van der Waals surface area contributed by atoms with E-state index in [0.29, 0.717) is 5.02 Å². The quantitative estimate of drug-likeness (QED) is 0.792. The predicted molar refractivity (Wildman–Crippen MR) is 71.6 cm³/mol. The molecule has 0 fully saturated rings. The number of rotatable bonds is 6. The largest absolute Gasteiger partial charge is 0.315 e. The molecule has 0 atom stereocenters. The lowest BCUT2D eigenvalue weighted by molar-refractivity contribution is 0.401. The summed E-state index contributed by atoms with van der Waals surface area (Å²) in [6.07, 6.45) is 0.934. The van der Waals surface area contributed by atoms with E-state index >= 15 is 0 Å². The van der Waals surface area contributed by atoms with Crippen LogP contribution in [0.15, 0.2) is 18.2 Å². The molecule has 4 heteroatoms. The molecule has 16 heavy (non-hydrogen) atoms. The third-order valence-electron chi connectivity index (χ3n) is 2.32. The van der Waals surface area contributed by atoms with Crippen molar-refractivity contribution in [1.82, 2.24) is 10.2 Å². The molecule has 0 aromatic heterocycles. The smallest absolute Gasteiger partial charge is 0.0453 e. The molecular formula is C12H18Cl2N2. The minimum absolute atomic E-state index is 0.689. The first kappa shape index (κ1) is 13.8. The molecule has 0 radical (unpaired) electrons. The highest BCUT2D eigenvalue weighted by molar-refractivity contribution is 6.35. The first-order chi connectivity index (χ1) is 7.59. The average Bonchev–Trinajstić information content (AvgIpc) is 2.20. The Balaban J connectivity index is 2.27. The Kier molecular flexibility index (Phi) is 6.14. The summed E-state index contributed by atoms with van der Waals surface area (Å²) < 4.78 is 0. The van der Waals surface area contributed by atoms with Crippen LogP contribution in [0, 0.1) is 0 Å². The van der Waals surface area contributed by atoms with E-state index in [9.17, 15) is 0 Å². The number of benzene rings is 1. The van der Waals surface area contributed by atoms with Crippen LogP contribution in [0.1, 0.15) is 5.56 Å². The lowest BCUT2D eigenvalue weighted by Gasteiger charge is -2.10. The van der Waals surface area contributed by atoms with Crippen LogP contribution in [0.5, 0.6) is 0 Å². The molecule has 0 amide bonds. The van der Waals surface area contributed by atoms with Crippen LogP contribution in [-0.2, 0) is 6.42 Å². The minimum atomic E-state index is 0.689. The van der Waals surface area contributed by atoms with Gasteiger partial charge in [0.2, 0.25) is 0 Å². The number of likely N-dealkylation sites (N-methyl/N-ethyl adjacent to an activating group) is 1. The number of nitrogens with one attached hydrogen (secondary N) is 1. The van der Waals surface area contributed by atoms with Gasteiger partial charge in [0.25, 0.3) is 0 Å². The molecule has 0 aliphatic heterocycles.